The molecule has 0 aromatic rings. The summed E-state index contributed by atoms with van der Waals surface area (Å²) in [6.45, 7) is 8.03. The molecular formula is C11H24N2O2S. The van der Waals surface area contributed by atoms with Crippen LogP contribution in [0.3, 0.4) is 0 Å². The minimum atomic E-state index is -2.79. The van der Waals surface area contributed by atoms with E-state index in [4.69, 9.17) is 0 Å². The number of rotatable bonds is 6. The molecule has 16 heavy (non-hydrogen) atoms. The molecule has 0 aromatic heterocycles. The lowest BCUT2D eigenvalue weighted by Crippen LogP contribution is -2.46. The van der Waals surface area contributed by atoms with Crippen LogP contribution in [0, 0.1) is 0 Å². The van der Waals surface area contributed by atoms with Crippen LogP contribution < -0.4 is 10.6 Å². The van der Waals surface area contributed by atoms with E-state index < -0.39 is 9.84 Å². The highest BCUT2D eigenvalue weighted by Crippen LogP contribution is 2.22. The maximum absolute atomic E-state index is 11.4. The van der Waals surface area contributed by atoms with Crippen LogP contribution in [0.1, 0.15) is 33.6 Å². The molecule has 1 aliphatic rings. The monoisotopic (exact) mass is 248 g/mol. The molecule has 0 aromatic carbocycles. The number of nitrogens with one attached hydrogen (secondary N) is 2. The van der Waals surface area contributed by atoms with E-state index in [1.54, 1.807) is 0 Å². The van der Waals surface area contributed by atoms with Crippen LogP contribution in [0.25, 0.3) is 0 Å². The lowest BCUT2D eigenvalue weighted by atomic mass is 10.0. The van der Waals surface area contributed by atoms with Crippen molar-refractivity contribution in [3.8, 4) is 0 Å². The average Bonchev–Trinajstić information content (AvgIpc) is 2.48. The van der Waals surface area contributed by atoms with E-state index in [-0.39, 0.29) is 11.3 Å². The van der Waals surface area contributed by atoms with Crippen LogP contribution in [-0.4, -0.2) is 44.6 Å². The van der Waals surface area contributed by atoms with Gasteiger partial charge in [0.25, 0.3) is 0 Å². The lowest BCUT2D eigenvalue weighted by Gasteiger charge is -2.24. The molecule has 1 saturated heterocycles. The Balaban J connectivity index is 2.23. The number of sulfone groups is 1. The van der Waals surface area contributed by atoms with Gasteiger partial charge in [-0.15, -0.1) is 0 Å². The molecule has 0 radical (unpaired) electrons. The van der Waals surface area contributed by atoms with Gasteiger partial charge in [-0.2, -0.15) is 0 Å². The molecule has 4 nitrogen and oxygen atoms in total. The molecule has 1 rings (SSSR count). The van der Waals surface area contributed by atoms with E-state index in [1.807, 2.05) is 6.92 Å². The van der Waals surface area contributed by atoms with E-state index >= 15 is 0 Å². The molecule has 1 fully saturated rings. The zero-order chi connectivity index (χ0) is 12.2. The van der Waals surface area contributed by atoms with Crippen molar-refractivity contribution in [2.24, 2.45) is 0 Å². The van der Waals surface area contributed by atoms with Gasteiger partial charge in [-0.25, -0.2) is 8.42 Å². The van der Waals surface area contributed by atoms with Gasteiger partial charge in [-0.3, -0.25) is 0 Å². The molecule has 0 bridgehead atoms. The Hall–Kier alpha value is -0.130. The summed E-state index contributed by atoms with van der Waals surface area (Å²) >= 11 is 0. The fourth-order valence-electron chi connectivity index (χ4n) is 1.98. The van der Waals surface area contributed by atoms with Crippen molar-refractivity contribution in [2.45, 2.75) is 45.2 Å². The Morgan fingerprint density at radius 1 is 1.38 bits per heavy atom. The first-order valence-electron chi connectivity index (χ1n) is 6.06. The smallest absolute Gasteiger partial charge is 0.152 e. The quantitative estimate of drug-likeness (QED) is 0.674. The number of hydrogen-bond acceptors (Lipinski definition) is 4. The van der Waals surface area contributed by atoms with E-state index in [0.29, 0.717) is 11.8 Å². The van der Waals surface area contributed by atoms with E-state index in [9.17, 15) is 8.42 Å². The molecule has 0 amide bonds. The standard InChI is InChI=1S/C11H24N2O2S/c1-4-10(2)12-6-7-13-11(3)5-8-16(14,15)9-11/h10,12-13H,4-9H2,1-3H3. The second-order valence-corrected chi connectivity index (χ2v) is 7.28. The molecule has 0 aliphatic carbocycles. The Morgan fingerprint density at radius 3 is 2.56 bits per heavy atom. The molecule has 2 atom stereocenters. The second-order valence-electron chi connectivity index (χ2n) is 5.09. The summed E-state index contributed by atoms with van der Waals surface area (Å²) in [5.41, 5.74) is -0.212. The van der Waals surface area contributed by atoms with Gasteiger partial charge >= 0.3 is 0 Å². The van der Waals surface area contributed by atoms with Crippen LogP contribution in [0.2, 0.25) is 0 Å². The second kappa shape index (κ2) is 5.47. The summed E-state index contributed by atoms with van der Waals surface area (Å²) < 4.78 is 22.8. The third-order valence-corrected chi connectivity index (χ3v) is 5.19. The highest BCUT2D eigenvalue weighted by atomic mass is 32.2. The van der Waals surface area contributed by atoms with Crippen molar-refractivity contribution in [3.63, 3.8) is 0 Å². The Bertz CT molecular complexity index is 316. The van der Waals surface area contributed by atoms with Crippen molar-refractivity contribution < 1.29 is 8.42 Å². The fraction of sp³-hybridized carbons (Fsp3) is 1.00. The fourth-order valence-corrected chi connectivity index (χ4v) is 4.10. The third-order valence-electron chi connectivity index (χ3n) is 3.29. The molecule has 1 heterocycles. The van der Waals surface area contributed by atoms with Crippen molar-refractivity contribution in [1.82, 2.24) is 10.6 Å². The zero-order valence-electron chi connectivity index (χ0n) is 10.5. The van der Waals surface area contributed by atoms with Gasteiger partial charge in [0.15, 0.2) is 9.84 Å². The van der Waals surface area contributed by atoms with Gasteiger partial charge in [0, 0.05) is 24.7 Å². The summed E-state index contributed by atoms with van der Waals surface area (Å²) in [5.74, 6) is 0.610. The zero-order valence-corrected chi connectivity index (χ0v) is 11.4. The number of hydrogen-bond donors (Lipinski definition) is 2. The maximum Gasteiger partial charge on any atom is 0.152 e. The Morgan fingerprint density at radius 2 is 2.06 bits per heavy atom. The molecule has 5 heteroatoms. The normalized spacial score (nSPS) is 30.4. The van der Waals surface area contributed by atoms with Gasteiger partial charge in [-0.1, -0.05) is 6.92 Å². The van der Waals surface area contributed by atoms with Crippen molar-refractivity contribution >= 4 is 9.84 Å². The SMILES string of the molecule is CCC(C)NCCNC1(C)CCS(=O)(=O)C1. The van der Waals surface area contributed by atoms with Crippen molar-refractivity contribution in [2.75, 3.05) is 24.6 Å². The minimum absolute atomic E-state index is 0.212. The van der Waals surface area contributed by atoms with E-state index in [2.05, 4.69) is 24.5 Å². The highest BCUT2D eigenvalue weighted by molar-refractivity contribution is 7.91. The van der Waals surface area contributed by atoms with Gasteiger partial charge in [0.2, 0.25) is 0 Å². The van der Waals surface area contributed by atoms with Crippen LogP contribution in [0.4, 0.5) is 0 Å². The first-order valence-corrected chi connectivity index (χ1v) is 7.88. The molecular weight excluding hydrogens is 224 g/mol. The lowest BCUT2D eigenvalue weighted by molar-refractivity contribution is 0.387. The summed E-state index contributed by atoms with van der Waals surface area (Å²) in [6, 6.07) is 0.530. The maximum atomic E-state index is 11.4. The predicted octanol–water partition coefficient (Wildman–Crippen LogP) is 0.541. The summed E-state index contributed by atoms with van der Waals surface area (Å²) in [6.07, 6.45) is 1.85. The molecule has 0 spiro atoms. The highest BCUT2D eigenvalue weighted by Gasteiger charge is 2.37. The Kier molecular flexibility index (Phi) is 4.76. The topological polar surface area (TPSA) is 58.2 Å². The van der Waals surface area contributed by atoms with Gasteiger partial charge < -0.3 is 10.6 Å². The van der Waals surface area contributed by atoms with Crippen molar-refractivity contribution in [1.29, 1.82) is 0 Å². The van der Waals surface area contributed by atoms with Gasteiger partial charge in [0.1, 0.15) is 0 Å². The Labute approximate surface area is 99.1 Å². The van der Waals surface area contributed by atoms with Gasteiger partial charge in [0.05, 0.1) is 11.5 Å². The van der Waals surface area contributed by atoms with E-state index in [0.717, 1.165) is 25.9 Å². The van der Waals surface area contributed by atoms with Crippen LogP contribution in [0.5, 0.6) is 0 Å². The largest absolute Gasteiger partial charge is 0.313 e. The first-order chi connectivity index (χ1) is 7.37. The average molecular weight is 248 g/mol. The van der Waals surface area contributed by atoms with Crippen molar-refractivity contribution in [3.05, 3.63) is 0 Å². The van der Waals surface area contributed by atoms with Crippen LogP contribution in [-0.2, 0) is 9.84 Å². The summed E-state index contributed by atoms with van der Waals surface area (Å²) in [4.78, 5) is 0. The third kappa shape index (κ3) is 4.39. The summed E-state index contributed by atoms with van der Waals surface area (Å²) in [7, 11) is -2.79. The molecule has 2 unspecified atom stereocenters. The molecule has 1 aliphatic heterocycles. The van der Waals surface area contributed by atoms with Gasteiger partial charge in [-0.05, 0) is 26.7 Å². The van der Waals surface area contributed by atoms with Crippen LogP contribution >= 0.6 is 0 Å². The molecule has 0 saturated carbocycles. The summed E-state index contributed by atoms with van der Waals surface area (Å²) in [5, 5.41) is 6.73. The van der Waals surface area contributed by atoms with Crippen LogP contribution in [0.15, 0.2) is 0 Å². The minimum Gasteiger partial charge on any atom is -0.313 e. The molecule has 2 N–H and O–H groups in total. The predicted molar refractivity (Wildman–Crippen MR) is 67.4 cm³/mol. The molecule has 96 valence electrons. The first kappa shape index (κ1) is 13.9. The van der Waals surface area contributed by atoms with E-state index in [1.165, 1.54) is 0 Å².